The van der Waals surface area contributed by atoms with Crippen LogP contribution >= 0.6 is 11.6 Å². The fourth-order valence-electron chi connectivity index (χ4n) is 2.30. The number of rotatable bonds is 6. The van der Waals surface area contributed by atoms with Crippen LogP contribution in [0.25, 0.3) is 0 Å². The lowest BCUT2D eigenvalue weighted by molar-refractivity contribution is -0.111. The maximum Gasteiger partial charge on any atom is 0.254 e. The summed E-state index contributed by atoms with van der Waals surface area (Å²) in [6.45, 7) is 9.10. The molecule has 1 rings (SSSR count). The molecule has 0 aliphatic rings. The van der Waals surface area contributed by atoms with Crippen molar-refractivity contribution >= 4 is 16.8 Å². The van der Waals surface area contributed by atoms with E-state index >= 15 is 0 Å². The average Bonchev–Trinajstić information content (AvgIpc) is 2.32. The Hall–Kier alpha value is -1.09. The summed E-state index contributed by atoms with van der Waals surface area (Å²) in [4.78, 5) is 23.6. The molecule has 0 N–H and O–H groups in total. The van der Waals surface area contributed by atoms with Crippen LogP contribution in [0.15, 0.2) is 16.9 Å². The molecule has 4 heteroatoms. The number of carbonyl (C=O) groups is 1. The van der Waals surface area contributed by atoms with Crippen molar-refractivity contribution in [3.8, 4) is 0 Å². The summed E-state index contributed by atoms with van der Waals surface area (Å²) in [5.41, 5.74) is 1.30. The SMILES string of the molecule is CCCCCn1c(C(C)(C)C)ccc(CC(=O)Cl)c1=O. The van der Waals surface area contributed by atoms with Gasteiger partial charge in [0.2, 0.25) is 5.24 Å². The number of carbonyl (C=O) groups excluding carboxylic acids is 1. The van der Waals surface area contributed by atoms with Gasteiger partial charge in [0.25, 0.3) is 5.56 Å². The summed E-state index contributed by atoms with van der Waals surface area (Å²) >= 11 is 5.41. The third-order valence-electron chi connectivity index (χ3n) is 3.34. The van der Waals surface area contributed by atoms with E-state index in [1.165, 1.54) is 0 Å². The lowest BCUT2D eigenvalue weighted by atomic mass is 9.90. The Morgan fingerprint density at radius 1 is 1.25 bits per heavy atom. The van der Waals surface area contributed by atoms with Gasteiger partial charge in [0.15, 0.2) is 0 Å². The van der Waals surface area contributed by atoms with Crippen molar-refractivity contribution in [3.05, 3.63) is 33.7 Å². The number of halogens is 1. The molecule has 0 saturated heterocycles. The van der Waals surface area contributed by atoms with Crippen LogP contribution in [0, 0.1) is 0 Å². The minimum atomic E-state index is -0.495. The molecular formula is C16H24ClNO2. The number of aromatic nitrogens is 1. The molecule has 0 fully saturated rings. The molecule has 0 aliphatic heterocycles. The second kappa shape index (κ2) is 7.07. The van der Waals surface area contributed by atoms with Crippen LogP contribution in [-0.2, 0) is 23.2 Å². The Morgan fingerprint density at radius 2 is 1.90 bits per heavy atom. The van der Waals surface area contributed by atoms with E-state index in [1.807, 2.05) is 10.6 Å². The predicted molar refractivity (Wildman–Crippen MR) is 83.5 cm³/mol. The number of nitrogens with zero attached hydrogens (tertiary/aromatic N) is 1. The van der Waals surface area contributed by atoms with Gasteiger partial charge in [0.1, 0.15) is 0 Å². The van der Waals surface area contributed by atoms with E-state index < -0.39 is 5.24 Å². The summed E-state index contributed by atoms with van der Waals surface area (Å²) < 4.78 is 1.81. The monoisotopic (exact) mass is 297 g/mol. The Balaban J connectivity index is 3.23. The molecular weight excluding hydrogens is 274 g/mol. The van der Waals surface area contributed by atoms with Gasteiger partial charge < -0.3 is 4.57 Å². The fraction of sp³-hybridized carbons (Fsp3) is 0.625. The van der Waals surface area contributed by atoms with Crippen LogP contribution in [0.1, 0.15) is 58.2 Å². The minimum Gasteiger partial charge on any atom is -0.312 e. The van der Waals surface area contributed by atoms with Gasteiger partial charge in [-0.1, -0.05) is 46.6 Å². The van der Waals surface area contributed by atoms with E-state index in [4.69, 9.17) is 11.6 Å². The molecule has 0 atom stereocenters. The molecule has 0 saturated carbocycles. The van der Waals surface area contributed by atoms with Gasteiger partial charge in [-0.05, 0) is 24.1 Å². The van der Waals surface area contributed by atoms with Gasteiger partial charge >= 0.3 is 0 Å². The Kier molecular flexibility index (Phi) is 6.00. The molecule has 0 radical (unpaired) electrons. The number of hydrogen-bond donors (Lipinski definition) is 0. The topological polar surface area (TPSA) is 39.1 Å². The summed E-state index contributed by atoms with van der Waals surface area (Å²) in [5.74, 6) is 0. The lowest BCUT2D eigenvalue weighted by Gasteiger charge is -2.25. The zero-order valence-corrected chi connectivity index (χ0v) is 13.6. The highest BCUT2D eigenvalue weighted by Gasteiger charge is 2.20. The molecule has 0 spiro atoms. The van der Waals surface area contributed by atoms with E-state index in [-0.39, 0.29) is 17.4 Å². The van der Waals surface area contributed by atoms with Gasteiger partial charge in [-0.15, -0.1) is 0 Å². The van der Waals surface area contributed by atoms with E-state index in [1.54, 1.807) is 6.07 Å². The van der Waals surface area contributed by atoms with Crippen molar-refractivity contribution in [1.29, 1.82) is 0 Å². The molecule has 0 aliphatic carbocycles. The maximum atomic E-state index is 12.5. The van der Waals surface area contributed by atoms with Crippen LogP contribution in [-0.4, -0.2) is 9.81 Å². The van der Waals surface area contributed by atoms with Gasteiger partial charge in [-0.3, -0.25) is 9.59 Å². The highest BCUT2D eigenvalue weighted by molar-refractivity contribution is 6.63. The van der Waals surface area contributed by atoms with Crippen LogP contribution in [0.3, 0.4) is 0 Å². The largest absolute Gasteiger partial charge is 0.312 e. The Labute approximate surface area is 126 Å². The molecule has 0 unspecified atom stereocenters. The lowest BCUT2D eigenvalue weighted by Crippen LogP contribution is -2.32. The Morgan fingerprint density at radius 3 is 2.40 bits per heavy atom. The van der Waals surface area contributed by atoms with Crippen LogP contribution in [0.4, 0.5) is 0 Å². The van der Waals surface area contributed by atoms with Gasteiger partial charge in [0, 0.05) is 23.2 Å². The van der Waals surface area contributed by atoms with E-state index in [2.05, 4.69) is 27.7 Å². The summed E-state index contributed by atoms with van der Waals surface area (Å²) in [6, 6.07) is 3.68. The van der Waals surface area contributed by atoms with Crippen molar-refractivity contribution in [3.63, 3.8) is 0 Å². The maximum absolute atomic E-state index is 12.5. The third kappa shape index (κ3) is 4.48. The Bertz CT molecular complexity index is 526. The van der Waals surface area contributed by atoms with Crippen molar-refractivity contribution < 1.29 is 4.79 Å². The molecule has 112 valence electrons. The molecule has 3 nitrogen and oxygen atoms in total. The van der Waals surface area contributed by atoms with Crippen LogP contribution in [0.5, 0.6) is 0 Å². The molecule has 20 heavy (non-hydrogen) atoms. The number of hydrogen-bond acceptors (Lipinski definition) is 2. The molecule has 0 aromatic carbocycles. The smallest absolute Gasteiger partial charge is 0.254 e. The molecule has 1 aromatic heterocycles. The molecule has 0 bridgehead atoms. The summed E-state index contributed by atoms with van der Waals surface area (Å²) in [7, 11) is 0. The number of pyridine rings is 1. The predicted octanol–water partition coefficient (Wildman–Crippen LogP) is 3.64. The third-order valence-corrected chi connectivity index (χ3v) is 3.47. The highest BCUT2D eigenvalue weighted by atomic mass is 35.5. The second-order valence-corrected chi connectivity index (χ2v) is 6.61. The van der Waals surface area contributed by atoms with Crippen LogP contribution < -0.4 is 5.56 Å². The van der Waals surface area contributed by atoms with Gasteiger partial charge in [-0.25, -0.2) is 0 Å². The first-order valence-electron chi connectivity index (χ1n) is 7.19. The molecule has 0 amide bonds. The van der Waals surface area contributed by atoms with E-state index in [0.29, 0.717) is 12.1 Å². The normalized spacial score (nSPS) is 11.7. The first-order valence-corrected chi connectivity index (χ1v) is 7.56. The minimum absolute atomic E-state index is 0.00140. The summed E-state index contributed by atoms with van der Waals surface area (Å²) in [6.07, 6.45) is 3.17. The molecule has 1 heterocycles. The standard InChI is InChI=1S/C16H24ClNO2/c1-5-6-7-10-18-13(16(2,3)4)9-8-12(15(18)20)11-14(17)19/h8-9H,5-7,10-11H2,1-4H3. The zero-order chi connectivity index (χ0) is 15.3. The first kappa shape index (κ1) is 17.0. The van der Waals surface area contributed by atoms with Crippen molar-refractivity contribution in [2.75, 3.05) is 0 Å². The van der Waals surface area contributed by atoms with Gasteiger partial charge in [0.05, 0.1) is 6.42 Å². The summed E-state index contributed by atoms with van der Waals surface area (Å²) in [5, 5.41) is -0.495. The van der Waals surface area contributed by atoms with E-state index in [9.17, 15) is 9.59 Å². The zero-order valence-electron chi connectivity index (χ0n) is 12.8. The second-order valence-electron chi connectivity index (χ2n) is 6.19. The quantitative estimate of drug-likeness (QED) is 0.594. The highest BCUT2D eigenvalue weighted by Crippen LogP contribution is 2.21. The average molecular weight is 298 g/mol. The first-order chi connectivity index (χ1) is 9.27. The fourth-order valence-corrected chi connectivity index (χ4v) is 2.45. The molecule has 1 aromatic rings. The van der Waals surface area contributed by atoms with Crippen molar-refractivity contribution in [1.82, 2.24) is 4.57 Å². The van der Waals surface area contributed by atoms with Gasteiger partial charge in [-0.2, -0.15) is 0 Å². The number of unbranched alkanes of at least 4 members (excludes halogenated alkanes) is 2. The van der Waals surface area contributed by atoms with Crippen molar-refractivity contribution in [2.24, 2.45) is 0 Å². The van der Waals surface area contributed by atoms with E-state index in [0.717, 1.165) is 25.0 Å². The van der Waals surface area contributed by atoms with Crippen molar-refractivity contribution in [2.45, 2.75) is 65.3 Å². The van der Waals surface area contributed by atoms with Crippen LogP contribution in [0.2, 0.25) is 0 Å².